The number of aromatic amines is 1. The van der Waals surface area contributed by atoms with Crippen LogP contribution in [0.3, 0.4) is 0 Å². The molecule has 0 aliphatic rings. The molecule has 0 saturated carbocycles. The Hall–Kier alpha value is -2.50. The monoisotopic (exact) mass is 292 g/mol. The lowest BCUT2D eigenvalue weighted by Gasteiger charge is -2.06. The van der Waals surface area contributed by atoms with Crippen LogP contribution in [0, 0.1) is 18.6 Å². The van der Waals surface area contributed by atoms with Crippen molar-refractivity contribution in [1.29, 1.82) is 0 Å². The molecule has 1 aromatic heterocycles. The van der Waals surface area contributed by atoms with Crippen LogP contribution in [0.1, 0.15) is 21.6 Å². The maximum Gasteiger partial charge on any atom is 0.256 e. The summed E-state index contributed by atoms with van der Waals surface area (Å²) in [6.45, 7) is 1.89. The number of aryl methyl sites for hydroxylation is 1. The fraction of sp³-hybridized carbons (Fsp3) is 0.200. The van der Waals surface area contributed by atoms with Crippen LogP contribution in [0.2, 0.25) is 0 Å². The van der Waals surface area contributed by atoms with Gasteiger partial charge in [-0.2, -0.15) is 0 Å². The fourth-order valence-corrected chi connectivity index (χ4v) is 1.92. The Balaban J connectivity index is 1.97. The summed E-state index contributed by atoms with van der Waals surface area (Å²) in [4.78, 5) is 26.2. The van der Waals surface area contributed by atoms with Crippen LogP contribution in [0.5, 0.6) is 0 Å². The molecular formula is C15H14F2N2O2. The fourth-order valence-electron chi connectivity index (χ4n) is 1.92. The van der Waals surface area contributed by atoms with Gasteiger partial charge in [0.2, 0.25) is 0 Å². The van der Waals surface area contributed by atoms with Crippen molar-refractivity contribution < 1.29 is 13.6 Å². The lowest BCUT2D eigenvalue weighted by molar-refractivity contribution is 0.0952. The Morgan fingerprint density at radius 1 is 1.19 bits per heavy atom. The van der Waals surface area contributed by atoms with Crippen LogP contribution in [0.15, 0.2) is 35.3 Å². The van der Waals surface area contributed by atoms with Gasteiger partial charge in [-0.1, -0.05) is 0 Å². The summed E-state index contributed by atoms with van der Waals surface area (Å²) in [6, 6.07) is 4.52. The summed E-state index contributed by atoms with van der Waals surface area (Å²) in [6.07, 6.45) is 1.61. The van der Waals surface area contributed by atoms with Crippen LogP contribution in [0.25, 0.3) is 0 Å². The number of nitrogens with one attached hydrogen (secondary N) is 2. The van der Waals surface area contributed by atoms with Gasteiger partial charge < -0.3 is 10.3 Å². The second kappa shape index (κ2) is 6.30. The molecule has 6 heteroatoms. The quantitative estimate of drug-likeness (QED) is 0.904. The Bertz CT molecular complexity index is 706. The number of carbonyl (C=O) groups is 1. The second-order valence-electron chi connectivity index (χ2n) is 4.68. The van der Waals surface area contributed by atoms with Crippen LogP contribution in [-0.2, 0) is 6.42 Å². The van der Waals surface area contributed by atoms with E-state index in [0.717, 1.165) is 6.07 Å². The van der Waals surface area contributed by atoms with Crippen LogP contribution < -0.4 is 10.7 Å². The summed E-state index contributed by atoms with van der Waals surface area (Å²) in [7, 11) is 0. The number of halogens is 2. The highest BCUT2D eigenvalue weighted by atomic mass is 19.1. The van der Waals surface area contributed by atoms with Gasteiger partial charge in [-0.25, -0.2) is 8.78 Å². The van der Waals surface area contributed by atoms with Crippen molar-refractivity contribution >= 4 is 5.91 Å². The van der Waals surface area contributed by atoms with Crippen LogP contribution >= 0.6 is 0 Å². The molecule has 21 heavy (non-hydrogen) atoms. The van der Waals surface area contributed by atoms with Crippen molar-refractivity contribution in [2.45, 2.75) is 13.3 Å². The normalized spacial score (nSPS) is 10.4. The molecule has 0 aliphatic carbocycles. The first-order valence-corrected chi connectivity index (χ1v) is 6.38. The first-order chi connectivity index (χ1) is 9.95. The summed E-state index contributed by atoms with van der Waals surface area (Å²) in [5.74, 6) is -1.84. The largest absolute Gasteiger partial charge is 0.364 e. The molecule has 0 fully saturated rings. The van der Waals surface area contributed by atoms with E-state index in [1.165, 1.54) is 24.4 Å². The minimum atomic E-state index is -0.661. The number of hydrogen-bond acceptors (Lipinski definition) is 2. The van der Waals surface area contributed by atoms with Gasteiger partial charge in [0.15, 0.2) is 5.43 Å². The van der Waals surface area contributed by atoms with E-state index < -0.39 is 17.5 Å². The van der Waals surface area contributed by atoms with Gasteiger partial charge in [0.05, 0.1) is 0 Å². The highest BCUT2D eigenvalue weighted by molar-refractivity contribution is 5.93. The minimum Gasteiger partial charge on any atom is -0.364 e. The second-order valence-corrected chi connectivity index (χ2v) is 4.68. The third-order valence-corrected chi connectivity index (χ3v) is 2.92. The molecule has 0 atom stereocenters. The van der Waals surface area contributed by atoms with E-state index in [4.69, 9.17) is 0 Å². The van der Waals surface area contributed by atoms with Gasteiger partial charge in [0, 0.05) is 30.6 Å². The molecule has 0 spiro atoms. The molecule has 2 N–H and O–H groups in total. The molecule has 2 rings (SSSR count). The molecule has 1 aromatic carbocycles. The van der Waals surface area contributed by atoms with Gasteiger partial charge in [-0.15, -0.1) is 0 Å². The lowest BCUT2D eigenvalue weighted by Crippen LogP contribution is -2.30. The molecule has 0 bridgehead atoms. The lowest BCUT2D eigenvalue weighted by atomic mass is 10.1. The predicted molar refractivity (Wildman–Crippen MR) is 74.2 cm³/mol. The number of hydrogen-bond donors (Lipinski definition) is 2. The molecule has 2 aromatic rings. The Kier molecular flexibility index (Phi) is 4.47. The number of amides is 1. The van der Waals surface area contributed by atoms with Gasteiger partial charge in [0.25, 0.3) is 5.91 Å². The number of aromatic nitrogens is 1. The summed E-state index contributed by atoms with van der Waals surface area (Å²) in [5.41, 5.74) is 0.726. The maximum absolute atomic E-state index is 13.0. The number of H-pyrrole nitrogens is 1. The van der Waals surface area contributed by atoms with E-state index >= 15 is 0 Å². The summed E-state index contributed by atoms with van der Waals surface area (Å²) in [5, 5.41) is 2.54. The van der Waals surface area contributed by atoms with Crippen molar-refractivity contribution in [1.82, 2.24) is 10.3 Å². The molecule has 1 amide bonds. The molecule has 0 saturated heterocycles. The molecule has 4 nitrogen and oxygen atoms in total. The van der Waals surface area contributed by atoms with Crippen molar-refractivity contribution in [2.24, 2.45) is 0 Å². The molecule has 110 valence electrons. The highest BCUT2D eigenvalue weighted by Crippen LogP contribution is 2.08. The molecule has 0 unspecified atom stereocenters. The van der Waals surface area contributed by atoms with Crippen molar-refractivity contribution in [3.8, 4) is 0 Å². The van der Waals surface area contributed by atoms with Crippen molar-refractivity contribution in [3.05, 3.63) is 69.1 Å². The van der Waals surface area contributed by atoms with E-state index in [9.17, 15) is 18.4 Å². The smallest absolute Gasteiger partial charge is 0.256 e. The van der Waals surface area contributed by atoms with E-state index in [0.29, 0.717) is 11.3 Å². The summed E-state index contributed by atoms with van der Waals surface area (Å²) < 4.78 is 26.0. The number of benzene rings is 1. The van der Waals surface area contributed by atoms with Crippen LogP contribution in [-0.4, -0.2) is 17.4 Å². The van der Waals surface area contributed by atoms with Crippen LogP contribution in [0.4, 0.5) is 8.78 Å². The maximum atomic E-state index is 13.0. The average Bonchev–Trinajstić information content (AvgIpc) is 2.37. The predicted octanol–water partition coefficient (Wildman–Crippen LogP) is 1.93. The van der Waals surface area contributed by atoms with Crippen molar-refractivity contribution in [3.63, 3.8) is 0 Å². The average molecular weight is 292 g/mol. The first kappa shape index (κ1) is 14.9. The van der Waals surface area contributed by atoms with Gasteiger partial charge >= 0.3 is 0 Å². The minimum absolute atomic E-state index is 0.00558. The van der Waals surface area contributed by atoms with E-state index in [1.807, 2.05) is 0 Å². The zero-order valence-corrected chi connectivity index (χ0v) is 11.4. The SMILES string of the molecule is Cc1cc(=O)c(C(=O)NCCc2cc(F)cc(F)c2)c[nH]1. The standard InChI is InChI=1S/C15H14F2N2O2/c1-9-4-14(20)13(8-19-9)15(21)18-3-2-10-5-11(16)7-12(17)6-10/h4-8H,2-3H2,1H3,(H,18,21)(H,19,20). The number of pyridine rings is 1. The Labute approximate surface area is 119 Å². The van der Waals surface area contributed by atoms with E-state index in [2.05, 4.69) is 10.3 Å². The third kappa shape index (κ3) is 3.98. The Morgan fingerprint density at radius 2 is 1.86 bits per heavy atom. The van der Waals surface area contributed by atoms with Gasteiger partial charge in [-0.05, 0) is 31.0 Å². The number of carbonyl (C=O) groups excluding carboxylic acids is 1. The first-order valence-electron chi connectivity index (χ1n) is 6.38. The third-order valence-electron chi connectivity index (χ3n) is 2.92. The zero-order chi connectivity index (χ0) is 15.4. The van der Waals surface area contributed by atoms with Gasteiger partial charge in [0.1, 0.15) is 17.2 Å². The highest BCUT2D eigenvalue weighted by Gasteiger charge is 2.09. The molecule has 0 aliphatic heterocycles. The topological polar surface area (TPSA) is 62.0 Å². The summed E-state index contributed by atoms with van der Waals surface area (Å²) >= 11 is 0. The van der Waals surface area contributed by atoms with Crippen molar-refractivity contribution in [2.75, 3.05) is 6.54 Å². The Morgan fingerprint density at radius 3 is 2.48 bits per heavy atom. The van der Waals surface area contributed by atoms with E-state index in [1.54, 1.807) is 6.92 Å². The van der Waals surface area contributed by atoms with E-state index in [-0.39, 0.29) is 24.0 Å². The number of rotatable bonds is 4. The molecular weight excluding hydrogens is 278 g/mol. The molecule has 1 heterocycles. The van der Waals surface area contributed by atoms with Gasteiger partial charge in [-0.3, -0.25) is 9.59 Å². The molecule has 0 radical (unpaired) electrons. The zero-order valence-electron chi connectivity index (χ0n) is 11.4.